The molecule has 0 fully saturated rings. The van der Waals surface area contributed by atoms with Crippen LogP contribution in [0.3, 0.4) is 0 Å². The van der Waals surface area contributed by atoms with Gasteiger partial charge in [0.1, 0.15) is 4.88 Å². The third-order valence-corrected chi connectivity index (χ3v) is 2.46. The van der Waals surface area contributed by atoms with Crippen LogP contribution in [0.25, 0.3) is 0 Å². The topological polar surface area (TPSA) is 30.0 Å². The Labute approximate surface area is 69.0 Å². The van der Waals surface area contributed by atoms with Crippen molar-refractivity contribution in [2.24, 2.45) is 0 Å². The average Bonchev–Trinajstić information content (AvgIpc) is 2.14. The third kappa shape index (κ3) is 1.74. The van der Waals surface area contributed by atoms with E-state index in [0.29, 0.717) is 8.79 Å². The van der Waals surface area contributed by atoms with Crippen molar-refractivity contribution in [2.75, 3.05) is 0 Å². The molecule has 0 unspecified atom stereocenters. The van der Waals surface area contributed by atoms with E-state index in [1.165, 1.54) is 17.5 Å². The van der Waals surface area contributed by atoms with E-state index in [1.54, 1.807) is 0 Å². The Morgan fingerprint density at radius 3 is 2.78 bits per heavy atom. The maximum absolute atomic E-state index is 10.4. The maximum Gasteiger partial charge on any atom is 0.264 e. The minimum Gasteiger partial charge on any atom is -0.275 e. The number of carbonyl (C=O) groups excluding carboxylic acids is 1. The van der Waals surface area contributed by atoms with Gasteiger partial charge in [0, 0.05) is 0 Å². The molecule has 0 N–H and O–H groups in total. The monoisotopic (exact) mass is 225 g/mol. The first-order valence-electron chi connectivity index (χ1n) is 2.01. The standard InChI is InChI=1S/C4HBrClNOS/c5-4-7-1-2(9-4)3(6)8/h1H. The molecule has 0 aromatic carbocycles. The van der Waals surface area contributed by atoms with Gasteiger partial charge in [0.25, 0.3) is 5.24 Å². The van der Waals surface area contributed by atoms with Gasteiger partial charge in [-0.1, -0.05) is 0 Å². The molecule has 0 saturated heterocycles. The fourth-order valence-electron chi connectivity index (χ4n) is 0.344. The van der Waals surface area contributed by atoms with Crippen molar-refractivity contribution in [2.45, 2.75) is 0 Å². The Balaban J connectivity index is 2.98. The van der Waals surface area contributed by atoms with Crippen molar-refractivity contribution in [1.82, 2.24) is 4.98 Å². The lowest BCUT2D eigenvalue weighted by Gasteiger charge is -1.75. The van der Waals surface area contributed by atoms with Gasteiger partial charge in [-0.05, 0) is 27.5 Å². The summed E-state index contributed by atoms with van der Waals surface area (Å²) in [5, 5.41) is -0.460. The molecule has 0 atom stereocenters. The van der Waals surface area contributed by atoms with Gasteiger partial charge in [0.05, 0.1) is 6.20 Å². The number of thiazole rings is 1. The molecule has 2 nitrogen and oxygen atoms in total. The molecule has 0 aliphatic carbocycles. The van der Waals surface area contributed by atoms with E-state index in [4.69, 9.17) is 11.6 Å². The minimum absolute atomic E-state index is 0.460. The normalized spacial score (nSPS) is 9.56. The summed E-state index contributed by atoms with van der Waals surface area (Å²) in [5.41, 5.74) is 0. The van der Waals surface area contributed by atoms with Crippen LogP contribution in [0.1, 0.15) is 9.67 Å². The van der Waals surface area contributed by atoms with Gasteiger partial charge in [-0.25, -0.2) is 4.98 Å². The van der Waals surface area contributed by atoms with E-state index >= 15 is 0 Å². The summed E-state index contributed by atoms with van der Waals surface area (Å²) in [6, 6.07) is 0. The summed E-state index contributed by atoms with van der Waals surface area (Å²) < 4.78 is 0.673. The summed E-state index contributed by atoms with van der Waals surface area (Å²) >= 11 is 9.44. The predicted molar refractivity (Wildman–Crippen MR) is 40.0 cm³/mol. The van der Waals surface area contributed by atoms with E-state index in [1.807, 2.05) is 0 Å². The van der Waals surface area contributed by atoms with Crippen LogP contribution in [0.4, 0.5) is 0 Å². The molecule has 0 spiro atoms. The lowest BCUT2D eigenvalue weighted by molar-refractivity contribution is 0.108. The zero-order valence-corrected chi connectivity index (χ0v) is 7.26. The number of rotatable bonds is 1. The number of hydrogen-bond donors (Lipinski definition) is 0. The molecule has 48 valence electrons. The Morgan fingerprint density at radius 2 is 2.56 bits per heavy atom. The largest absolute Gasteiger partial charge is 0.275 e. The zero-order valence-electron chi connectivity index (χ0n) is 4.10. The van der Waals surface area contributed by atoms with Crippen LogP contribution in [0.2, 0.25) is 0 Å². The van der Waals surface area contributed by atoms with Crippen LogP contribution in [0, 0.1) is 0 Å². The van der Waals surface area contributed by atoms with Crippen molar-refractivity contribution < 1.29 is 4.79 Å². The predicted octanol–water partition coefficient (Wildman–Crippen LogP) is 2.28. The molecule has 1 rings (SSSR count). The second-order valence-corrected chi connectivity index (χ2v) is 3.90. The summed E-state index contributed by atoms with van der Waals surface area (Å²) in [4.78, 5) is 14.6. The smallest absolute Gasteiger partial charge is 0.264 e. The molecular formula is C4HBrClNOS. The van der Waals surface area contributed by atoms with Crippen molar-refractivity contribution in [3.63, 3.8) is 0 Å². The first-order valence-corrected chi connectivity index (χ1v) is 4.00. The Morgan fingerprint density at radius 1 is 1.89 bits per heavy atom. The van der Waals surface area contributed by atoms with Crippen LogP contribution in [0.15, 0.2) is 10.1 Å². The molecule has 0 aliphatic heterocycles. The number of carbonyl (C=O) groups is 1. The van der Waals surface area contributed by atoms with Gasteiger partial charge in [0.15, 0.2) is 3.92 Å². The quantitative estimate of drug-likeness (QED) is 0.688. The lowest BCUT2D eigenvalue weighted by Crippen LogP contribution is -1.78. The SMILES string of the molecule is O=C(Cl)c1cnc(Br)s1. The van der Waals surface area contributed by atoms with Gasteiger partial charge in [-0.2, -0.15) is 0 Å². The first kappa shape index (κ1) is 7.18. The van der Waals surface area contributed by atoms with E-state index in [9.17, 15) is 4.79 Å². The summed E-state index contributed by atoms with van der Waals surface area (Å²) in [6.07, 6.45) is 1.43. The van der Waals surface area contributed by atoms with E-state index in [-0.39, 0.29) is 0 Å². The van der Waals surface area contributed by atoms with E-state index < -0.39 is 5.24 Å². The first-order chi connectivity index (χ1) is 4.20. The molecule has 0 radical (unpaired) electrons. The molecule has 0 bridgehead atoms. The zero-order chi connectivity index (χ0) is 6.85. The highest BCUT2D eigenvalue weighted by Crippen LogP contribution is 2.19. The number of aromatic nitrogens is 1. The molecule has 9 heavy (non-hydrogen) atoms. The number of hydrogen-bond acceptors (Lipinski definition) is 3. The second-order valence-electron chi connectivity index (χ2n) is 1.25. The number of halogens is 2. The van der Waals surface area contributed by atoms with Gasteiger partial charge in [-0.15, -0.1) is 11.3 Å². The highest BCUT2D eigenvalue weighted by atomic mass is 79.9. The highest BCUT2D eigenvalue weighted by molar-refractivity contribution is 9.11. The van der Waals surface area contributed by atoms with Crippen LogP contribution in [-0.2, 0) is 0 Å². The molecule has 0 saturated carbocycles. The molecule has 0 amide bonds. The number of nitrogens with zero attached hydrogens (tertiary/aromatic N) is 1. The van der Waals surface area contributed by atoms with Crippen molar-refractivity contribution in [1.29, 1.82) is 0 Å². The molecular weight excluding hydrogens is 225 g/mol. The van der Waals surface area contributed by atoms with Crippen molar-refractivity contribution >= 4 is 44.1 Å². The van der Waals surface area contributed by atoms with Gasteiger partial charge >= 0.3 is 0 Å². The molecule has 1 aromatic rings. The van der Waals surface area contributed by atoms with Crippen molar-refractivity contribution in [3.05, 3.63) is 15.0 Å². The maximum atomic E-state index is 10.4. The Bertz CT molecular complexity index is 236. The minimum atomic E-state index is -0.460. The third-order valence-electron chi connectivity index (χ3n) is 0.671. The lowest BCUT2D eigenvalue weighted by atomic mass is 10.6. The van der Waals surface area contributed by atoms with Gasteiger partial charge in [0.2, 0.25) is 0 Å². The Kier molecular flexibility index (Phi) is 2.21. The summed E-state index contributed by atoms with van der Waals surface area (Å²) in [7, 11) is 0. The molecule has 1 aromatic heterocycles. The van der Waals surface area contributed by atoms with Crippen LogP contribution >= 0.6 is 38.9 Å². The van der Waals surface area contributed by atoms with E-state index in [2.05, 4.69) is 20.9 Å². The molecule has 5 heteroatoms. The Hall–Kier alpha value is 0.0700. The fourth-order valence-corrected chi connectivity index (χ4v) is 1.61. The van der Waals surface area contributed by atoms with Crippen molar-refractivity contribution in [3.8, 4) is 0 Å². The van der Waals surface area contributed by atoms with Gasteiger partial charge in [-0.3, -0.25) is 4.79 Å². The summed E-state index contributed by atoms with van der Waals surface area (Å²) in [6.45, 7) is 0. The average molecular weight is 226 g/mol. The van der Waals surface area contributed by atoms with Crippen LogP contribution < -0.4 is 0 Å². The summed E-state index contributed by atoms with van der Waals surface area (Å²) in [5.74, 6) is 0. The van der Waals surface area contributed by atoms with Gasteiger partial charge < -0.3 is 0 Å². The van der Waals surface area contributed by atoms with Crippen LogP contribution in [-0.4, -0.2) is 10.2 Å². The highest BCUT2D eigenvalue weighted by Gasteiger charge is 2.04. The fraction of sp³-hybridized carbons (Fsp3) is 0. The van der Waals surface area contributed by atoms with Crippen LogP contribution in [0.5, 0.6) is 0 Å². The molecule has 0 aliphatic rings. The van der Waals surface area contributed by atoms with E-state index in [0.717, 1.165) is 0 Å². The molecule has 1 heterocycles. The second kappa shape index (κ2) is 2.77.